The fraction of sp³-hybridized carbons (Fsp3) is 0.375. The van der Waals surface area contributed by atoms with Gasteiger partial charge in [-0.15, -0.1) is 0 Å². The van der Waals surface area contributed by atoms with Crippen molar-refractivity contribution in [1.82, 2.24) is 0 Å². The van der Waals surface area contributed by atoms with Crippen molar-refractivity contribution in [3.8, 4) is 5.75 Å². The molecule has 1 aliphatic rings. The summed E-state index contributed by atoms with van der Waals surface area (Å²) in [6, 6.07) is 7.69. The molecular formula is C16H20N2O2S. The summed E-state index contributed by atoms with van der Waals surface area (Å²) in [4.78, 5) is 15.7. The van der Waals surface area contributed by atoms with E-state index in [1.807, 2.05) is 24.3 Å². The second-order valence-corrected chi connectivity index (χ2v) is 5.91. The number of ether oxygens (including phenoxy) is 1. The first kappa shape index (κ1) is 15.6. The third-order valence-corrected chi connectivity index (χ3v) is 3.89. The van der Waals surface area contributed by atoms with E-state index in [0.717, 1.165) is 24.3 Å². The smallest absolute Gasteiger partial charge is 0.286 e. The van der Waals surface area contributed by atoms with E-state index >= 15 is 0 Å². The summed E-state index contributed by atoms with van der Waals surface area (Å²) in [5.74, 6) is 0.587. The van der Waals surface area contributed by atoms with E-state index < -0.39 is 0 Å². The number of nitrogens with two attached hydrogens (primary N) is 1. The molecule has 1 aromatic carbocycles. The molecule has 112 valence electrons. The Bertz CT molecular complexity index is 550. The average molecular weight is 304 g/mol. The van der Waals surface area contributed by atoms with Crippen LogP contribution in [0.2, 0.25) is 0 Å². The maximum absolute atomic E-state index is 11.5. The molecule has 0 aliphatic carbocycles. The highest BCUT2D eigenvalue weighted by molar-refractivity contribution is 8.18. The van der Waals surface area contributed by atoms with E-state index in [1.54, 1.807) is 6.08 Å². The minimum atomic E-state index is -0.270. The predicted octanol–water partition coefficient (Wildman–Crippen LogP) is 3.57. The van der Waals surface area contributed by atoms with Crippen molar-refractivity contribution < 1.29 is 9.53 Å². The lowest BCUT2D eigenvalue weighted by Crippen LogP contribution is -2.01. The van der Waals surface area contributed by atoms with Crippen molar-refractivity contribution in [3.05, 3.63) is 34.7 Å². The lowest BCUT2D eigenvalue weighted by Gasteiger charge is -2.06. The highest BCUT2D eigenvalue weighted by Crippen LogP contribution is 2.26. The van der Waals surface area contributed by atoms with Gasteiger partial charge in [0.25, 0.3) is 5.91 Å². The molecule has 1 amide bonds. The molecule has 5 heteroatoms. The largest absolute Gasteiger partial charge is 0.494 e. The molecule has 2 N–H and O–H groups in total. The van der Waals surface area contributed by atoms with E-state index in [9.17, 15) is 4.79 Å². The van der Waals surface area contributed by atoms with Gasteiger partial charge in [0, 0.05) is 0 Å². The molecular weight excluding hydrogens is 284 g/mol. The third-order valence-electron chi connectivity index (χ3n) is 3.08. The first-order valence-corrected chi connectivity index (χ1v) is 8.01. The van der Waals surface area contributed by atoms with Crippen LogP contribution in [0.5, 0.6) is 5.75 Å². The number of carbonyl (C=O) groups is 1. The fourth-order valence-corrected chi connectivity index (χ4v) is 2.64. The van der Waals surface area contributed by atoms with Crippen LogP contribution in [-0.4, -0.2) is 17.7 Å². The number of amides is 1. The number of hydrogen-bond acceptors (Lipinski definition) is 4. The van der Waals surface area contributed by atoms with Gasteiger partial charge in [-0.2, -0.15) is 4.99 Å². The first-order valence-electron chi connectivity index (χ1n) is 7.20. The van der Waals surface area contributed by atoms with Crippen LogP contribution in [0.4, 0.5) is 0 Å². The average Bonchev–Trinajstić information content (AvgIpc) is 2.78. The summed E-state index contributed by atoms with van der Waals surface area (Å²) in [5, 5.41) is 0.304. The maximum Gasteiger partial charge on any atom is 0.286 e. The Morgan fingerprint density at radius 2 is 2.00 bits per heavy atom. The van der Waals surface area contributed by atoms with Crippen LogP contribution in [0.25, 0.3) is 6.08 Å². The van der Waals surface area contributed by atoms with E-state index in [-0.39, 0.29) is 5.91 Å². The summed E-state index contributed by atoms with van der Waals surface area (Å²) in [6.45, 7) is 2.94. The Morgan fingerprint density at radius 1 is 1.24 bits per heavy atom. The van der Waals surface area contributed by atoms with Gasteiger partial charge in [-0.1, -0.05) is 38.3 Å². The molecule has 0 radical (unpaired) electrons. The first-order chi connectivity index (χ1) is 10.2. The second kappa shape index (κ2) is 7.88. The van der Waals surface area contributed by atoms with E-state index in [0.29, 0.717) is 10.1 Å². The zero-order valence-corrected chi connectivity index (χ0v) is 13.0. The van der Waals surface area contributed by atoms with Crippen molar-refractivity contribution in [2.24, 2.45) is 10.7 Å². The molecule has 0 spiro atoms. The summed E-state index contributed by atoms with van der Waals surface area (Å²) in [6.07, 6.45) is 6.57. The fourth-order valence-electron chi connectivity index (χ4n) is 1.96. The molecule has 0 unspecified atom stereocenters. The van der Waals surface area contributed by atoms with Crippen molar-refractivity contribution in [2.75, 3.05) is 6.61 Å². The highest BCUT2D eigenvalue weighted by Gasteiger charge is 2.19. The molecule has 0 aromatic heterocycles. The molecule has 0 fully saturated rings. The highest BCUT2D eigenvalue weighted by atomic mass is 32.2. The summed E-state index contributed by atoms with van der Waals surface area (Å²) < 4.78 is 5.68. The summed E-state index contributed by atoms with van der Waals surface area (Å²) in [5.41, 5.74) is 6.45. The Morgan fingerprint density at radius 3 is 2.62 bits per heavy atom. The molecule has 1 heterocycles. The normalized spacial score (nSPS) is 16.3. The van der Waals surface area contributed by atoms with Crippen molar-refractivity contribution in [3.63, 3.8) is 0 Å². The maximum atomic E-state index is 11.5. The SMILES string of the molecule is CCCCCCOc1ccc(/C=C2\SC(N)=NC2=O)cc1. The number of aliphatic imine (C=N–C) groups is 1. The van der Waals surface area contributed by atoms with Gasteiger partial charge in [0.2, 0.25) is 0 Å². The van der Waals surface area contributed by atoms with Gasteiger partial charge in [-0.25, -0.2) is 0 Å². The lowest BCUT2D eigenvalue weighted by atomic mass is 10.2. The molecule has 2 rings (SSSR count). The molecule has 0 atom stereocenters. The number of thioether (sulfide) groups is 1. The molecule has 1 aromatic rings. The Balaban J connectivity index is 1.85. The van der Waals surface area contributed by atoms with Crippen molar-refractivity contribution in [1.29, 1.82) is 0 Å². The van der Waals surface area contributed by atoms with Gasteiger partial charge in [0.05, 0.1) is 11.5 Å². The number of carbonyl (C=O) groups excluding carboxylic acids is 1. The monoisotopic (exact) mass is 304 g/mol. The van der Waals surface area contributed by atoms with Gasteiger partial charge < -0.3 is 10.5 Å². The zero-order chi connectivity index (χ0) is 15.1. The van der Waals surface area contributed by atoms with E-state index in [2.05, 4.69) is 11.9 Å². The topological polar surface area (TPSA) is 64.7 Å². The van der Waals surface area contributed by atoms with Crippen molar-refractivity contribution in [2.45, 2.75) is 32.6 Å². The Hall–Kier alpha value is -1.75. The van der Waals surface area contributed by atoms with Gasteiger partial charge >= 0.3 is 0 Å². The molecule has 0 saturated heterocycles. The second-order valence-electron chi connectivity index (χ2n) is 4.84. The quantitative estimate of drug-likeness (QED) is 0.618. The predicted molar refractivity (Wildman–Crippen MR) is 88.3 cm³/mol. The van der Waals surface area contributed by atoms with Gasteiger partial charge in [-0.3, -0.25) is 4.79 Å². The Kier molecular flexibility index (Phi) is 5.87. The van der Waals surface area contributed by atoms with Crippen LogP contribution in [0.15, 0.2) is 34.2 Å². The lowest BCUT2D eigenvalue weighted by molar-refractivity contribution is -0.113. The van der Waals surface area contributed by atoms with Crippen LogP contribution >= 0.6 is 11.8 Å². The molecule has 1 aliphatic heterocycles. The molecule has 4 nitrogen and oxygen atoms in total. The minimum absolute atomic E-state index is 0.270. The number of benzene rings is 1. The van der Waals surface area contributed by atoms with Crippen molar-refractivity contribution >= 4 is 28.9 Å². The van der Waals surface area contributed by atoms with E-state index in [1.165, 1.54) is 31.0 Å². The van der Waals surface area contributed by atoms with Crippen LogP contribution in [0.3, 0.4) is 0 Å². The van der Waals surface area contributed by atoms with Gasteiger partial charge in [0.15, 0.2) is 5.17 Å². The van der Waals surface area contributed by atoms with E-state index in [4.69, 9.17) is 10.5 Å². The number of hydrogen-bond donors (Lipinski definition) is 1. The van der Waals surface area contributed by atoms with Crippen LogP contribution in [0.1, 0.15) is 38.2 Å². The van der Waals surface area contributed by atoms with Crippen LogP contribution < -0.4 is 10.5 Å². The Labute approximate surface area is 129 Å². The van der Waals surface area contributed by atoms with Crippen LogP contribution in [0, 0.1) is 0 Å². The van der Waals surface area contributed by atoms with Gasteiger partial charge in [0.1, 0.15) is 5.75 Å². The summed E-state index contributed by atoms with van der Waals surface area (Å²) >= 11 is 1.20. The minimum Gasteiger partial charge on any atom is -0.494 e. The number of unbranched alkanes of at least 4 members (excludes halogenated alkanes) is 3. The molecule has 0 saturated carbocycles. The molecule has 0 bridgehead atoms. The number of nitrogens with zero attached hydrogens (tertiary/aromatic N) is 1. The standard InChI is InChI=1S/C16H20N2O2S/c1-2-3-4-5-10-20-13-8-6-12(7-9-13)11-14-15(19)18-16(17)21-14/h6-9,11H,2-5,10H2,1H3,(H2,17,18,19)/b14-11-. The number of amidine groups is 1. The molecule has 21 heavy (non-hydrogen) atoms. The number of rotatable bonds is 7. The van der Waals surface area contributed by atoms with Crippen LogP contribution in [-0.2, 0) is 4.79 Å². The summed E-state index contributed by atoms with van der Waals surface area (Å²) in [7, 11) is 0. The third kappa shape index (κ3) is 4.93. The zero-order valence-electron chi connectivity index (χ0n) is 12.2. The van der Waals surface area contributed by atoms with Gasteiger partial charge in [-0.05, 0) is 42.0 Å².